The third-order valence-corrected chi connectivity index (χ3v) is 3.66. The number of amides is 1. The van der Waals surface area contributed by atoms with E-state index in [0.29, 0.717) is 24.0 Å². The molecule has 1 aromatic heterocycles. The highest BCUT2D eigenvalue weighted by Gasteiger charge is 2.30. The second-order valence-electron chi connectivity index (χ2n) is 5.06. The minimum absolute atomic E-state index is 0. The zero-order chi connectivity index (χ0) is 14.7. The summed E-state index contributed by atoms with van der Waals surface area (Å²) in [5.41, 5.74) is 5.70. The largest absolute Gasteiger partial charge is 0.426 e. The number of nitrogens with zero attached hydrogens (tertiary/aromatic N) is 1. The number of ether oxygens (including phenoxy) is 1. The molecule has 0 radical (unpaired) electrons. The summed E-state index contributed by atoms with van der Waals surface area (Å²) in [5.74, 6) is 1.16. The Bertz CT molecular complexity index is 615. The van der Waals surface area contributed by atoms with E-state index in [2.05, 4.69) is 0 Å². The monoisotopic (exact) mass is 322 g/mol. The smallest absolute Gasteiger partial charge is 0.290 e. The topological polar surface area (TPSA) is 68.7 Å². The lowest BCUT2D eigenvalue weighted by Gasteiger charge is -2.22. The number of hydrogen-bond donors (Lipinski definition) is 1. The van der Waals surface area contributed by atoms with Crippen LogP contribution >= 0.6 is 12.4 Å². The van der Waals surface area contributed by atoms with Gasteiger partial charge in [-0.15, -0.1) is 12.4 Å². The van der Waals surface area contributed by atoms with E-state index in [0.717, 1.165) is 19.4 Å². The minimum Gasteiger partial charge on any atom is -0.426 e. The van der Waals surface area contributed by atoms with E-state index >= 15 is 0 Å². The van der Waals surface area contributed by atoms with Crippen molar-refractivity contribution in [2.75, 3.05) is 13.1 Å². The molecule has 118 valence electrons. The van der Waals surface area contributed by atoms with Gasteiger partial charge in [0, 0.05) is 25.2 Å². The van der Waals surface area contributed by atoms with Gasteiger partial charge in [-0.25, -0.2) is 0 Å². The molecule has 22 heavy (non-hydrogen) atoms. The molecule has 0 aliphatic carbocycles. The number of furan rings is 1. The third kappa shape index (κ3) is 3.43. The summed E-state index contributed by atoms with van der Waals surface area (Å²) < 4.78 is 11.1. The number of nitrogens with two attached hydrogens (primary N) is 1. The van der Waals surface area contributed by atoms with Gasteiger partial charge in [-0.05, 0) is 31.0 Å². The molecule has 1 amide bonds. The van der Waals surface area contributed by atoms with Crippen LogP contribution < -0.4 is 10.5 Å². The molecule has 6 heteroatoms. The normalized spacial score (nSPS) is 17.1. The average molecular weight is 323 g/mol. The summed E-state index contributed by atoms with van der Waals surface area (Å²) in [6, 6.07) is 12.7. The average Bonchev–Trinajstić information content (AvgIpc) is 3.16. The van der Waals surface area contributed by atoms with Gasteiger partial charge in [-0.1, -0.05) is 18.2 Å². The number of carbonyl (C=O) groups excluding carboxylic acids is 1. The van der Waals surface area contributed by atoms with Crippen molar-refractivity contribution in [1.82, 2.24) is 4.90 Å². The number of benzene rings is 1. The van der Waals surface area contributed by atoms with E-state index in [1.165, 1.54) is 0 Å². The number of para-hydroxylation sites is 1. The molecule has 5 nitrogen and oxygen atoms in total. The lowest BCUT2D eigenvalue weighted by molar-refractivity contribution is 0.0704. The Balaban J connectivity index is 0.00000176. The van der Waals surface area contributed by atoms with E-state index in [1.807, 2.05) is 30.3 Å². The predicted octanol–water partition coefficient (Wildman–Crippen LogP) is 3.06. The molecule has 1 fully saturated rings. The van der Waals surface area contributed by atoms with Crippen molar-refractivity contribution in [2.45, 2.75) is 18.9 Å². The van der Waals surface area contributed by atoms with Crippen LogP contribution in [0.25, 0.3) is 0 Å². The first kappa shape index (κ1) is 16.4. The van der Waals surface area contributed by atoms with Gasteiger partial charge in [0.25, 0.3) is 11.9 Å². The van der Waals surface area contributed by atoms with Crippen LogP contribution in [0.3, 0.4) is 0 Å². The molecule has 0 saturated carbocycles. The van der Waals surface area contributed by atoms with Crippen LogP contribution in [0, 0.1) is 0 Å². The first-order valence-electron chi connectivity index (χ1n) is 7.11. The maximum Gasteiger partial charge on any atom is 0.290 e. The molecule has 2 heterocycles. The Labute approximate surface area is 135 Å². The van der Waals surface area contributed by atoms with E-state index < -0.39 is 0 Å². The second kappa shape index (κ2) is 7.33. The molecular formula is C16H19ClN2O3. The van der Waals surface area contributed by atoms with Gasteiger partial charge < -0.3 is 19.8 Å². The van der Waals surface area contributed by atoms with Crippen LogP contribution in [0.4, 0.5) is 0 Å². The Morgan fingerprint density at radius 1 is 1.27 bits per heavy atom. The zero-order valence-corrected chi connectivity index (χ0v) is 12.9. The van der Waals surface area contributed by atoms with Crippen LogP contribution in [-0.4, -0.2) is 29.9 Å². The van der Waals surface area contributed by atoms with Crippen LogP contribution in [0.15, 0.2) is 46.9 Å². The maximum atomic E-state index is 12.4. The summed E-state index contributed by atoms with van der Waals surface area (Å²) in [6.45, 7) is 1.22. The highest BCUT2D eigenvalue weighted by atomic mass is 35.5. The van der Waals surface area contributed by atoms with E-state index in [1.54, 1.807) is 17.0 Å². The van der Waals surface area contributed by atoms with E-state index in [4.69, 9.17) is 14.9 Å². The molecule has 1 aromatic carbocycles. The first-order chi connectivity index (χ1) is 10.3. The number of halogens is 1. The van der Waals surface area contributed by atoms with Crippen LogP contribution in [0.2, 0.25) is 0 Å². The standard InChI is InChI=1S/C16H18N2O3.ClH/c17-11-12-5-4-10-18(12)16(19)14-8-9-15(21-14)20-13-6-2-1-3-7-13;/h1-3,6-9,12H,4-5,10-11,17H2;1H. The van der Waals surface area contributed by atoms with Crippen LogP contribution in [0.1, 0.15) is 23.4 Å². The Hall–Kier alpha value is -1.98. The Morgan fingerprint density at radius 2 is 2.05 bits per heavy atom. The van der Waals surface area contributed by atoms with Crippen LogP contribution in [0.5, 0.6) is 11.7 Å². The van der Waals surface area contributed by atoms with E-state index in [-0.39, 0.29) is 24.4 Å². The number of likely N-dealkylation sites (tertiary alicyclic amines) is 1. The quantitative estimate of drug-likeness (QED) is 0.939. The highest BCUT2D eigenvalue weighted by Crippen LogP contribution is 2.26. The van der Waals surface area contributed by atoms with Crippen molar-refractivity contribution in [3.63, 3.8) is 0 Å². The van der Waals surface area contributed by atoms with Crippen molar-refractivity contribution in [2.24, 2.45) is 5.73 Å². The molecule has 1 aliphatic heterocycles. The van der Waals surface area contributed by atoms with Gasteiger partial charge in [0.1, 0.15) is 5.75 Å². The molecule has 3 rings (SSSR count). The molecule has 1 aliphatic rings. The summed E-state index contributed by atoms with van der Waals surface area (Å²) in [4.78, 5) is 14.2. The SMILES string of the molecule is Cl.NCC1CCCN1C(=O)c1ccc(Oc2ccccc2)o1. The molecule has 2 aromatic rings. The summed E-state index contributed by atoms with van der Waals surface area (Å²) in [6.07, 6.45) is 1.94. The molecular weight excluding hydrogens is 304 g/mol. The van der Waals surface area contributed by atoms with E-state index in [9.17, 15) is 4.79 Å². The fraction of sp³-hybridized carbons (Fsp3) is 0.312. The lowest BCUT2D eigenvalue weighted by atomic mass is 10.2. The summed E-state index contributed by atoms with van der Waals surface area (Å²) in [5, 5.41) is 0. The summed E-state index contributed by atoms with van der Waals surface area (Å²) in [7, 11) is 0. The van der Waals surface area contributed by atoms with Gasteiger partial charge >= 0.3 is 0 Å². The molecule has 1 atom stereocenters. The van der Waals surface area contributed by atoms with Gasteiger partial charge in [-0.2, -0.15) is 0 Å². The summed E-state index contributed by atoms with van der Waals surface area (Å²) >= 11 is 0. The van der Waals surface area contributed by atoms with Gasteiger partial charge in [0.15, 0.2) is 5.76 Å². The second-order valence-corrected chi connectivity index (χ2v) is 5.06. The maximum absolute atomic E-state index is 12.4. The molecule has 0 bridgehead atoms. The Morgan fingerprint density at radius 3 is 2.77 bits per heavy atom. The lowest BCUT2D eigenvalue weighted by Crippen LogP contribution is -2.39. The fourth-order valence-electron chi connectivity index (χ4n) is 2.58. The van der Waals surface area contributed by atoms with Crippen molar-refractivity contribution in [3.8, 4) is 11.7 Å². The highest BCUT2D eigenvalue weighted by molar-refractivity contribution is 5.92. The molecule has 2 N–H and O–H groups in total. The predicted molar refractivity (Wildman–Crippen MR) is 85.6 cm³/mol. The number of hydrogen-bond acceptors (Lipinski definition) is 4. The van der Waals surface area contributed by atoms with Gasteiger partial charge in [0.2, 0.25) is 0 Å². The van der Waals surface area contributed by atoms with Gasteiger partial charge in [0.05, 0.1) is 0 Å². The van der Waals surface area contributed by atoms with Gasteiger partial charge in [-0.3, -0.25) is 4.79 Å². The molecule has 1 saturated heterocycles. The van der Waals surface area contributed by atoms with Crippen molar-refractivity contribution < 1.29 is 13.9 Å². The third-order valence-electron chi connectivity index (χ3n) is 3.66. The minimum atomic E-state index is -0.120. The van der Waals surface area contributed by atoms with Crippen molar-refractivity contribution in [1.29, 1.82) is 0 Å². The zero-order valence-electron chi connectivity index (χ0n) is 12.1. The fourth-order valence-corrected chi connectivity index (χ4v) is 2.58. The van der Waals surface area contributed by atoms with Crippen molar-refractivity contribution >= 4 is 18.3 Å². The van der Waals surface area contributed by atoms with Crippen LogP contribution in [-0.2, 0) is 0 Å². The molecule has 1 unspecified atom stereocenters. The number of carbonyl (C=O) groups is 1. The Kier molecular flexibility index (Phi) is 5.46. The molecule has 0 spiro atoms. The first-order valence-corrected chi connectivity index (χ1v) is 7.11. The number of rotatable bonds is 4. The van der Waals surface area contributed by atoms with Crippen molar-refractivity contribution in [3.05, 3.63) is 48.2 Å².